The molecule has 104 valence electrons. The zero-order valence-electron chi connectivity index (χ0n) is 11.0. The second kappa shape index (κ2) is 5.80. The van der Waals surface area contributed by atoms with Crippen LogP contribution in [0.1, 0.15) is 31.2 Å². The van der Waals surface area contributed by atoms with Crippen molar-refractivity contribution >= 4 is 17.5 Å². The number of nitrogens with two attached hydrogens (primary N) is 1. The van der Waals surface area contributed by atoms with Gasteiger partial charge in [0.25, 0.3) is 0 Å². The number of halogens is 1. The lowest BCUT2D eigenvalue weighted by molar-refractivity contribution is -0.126. The van der Waals surface area contributed by atoms with Gasteiger partial charge in [-0.1, -0.05) is 30.5 Å². The average Bonchev–Trinajstić information content (AvgIpc) is 2.85. The summed E-state index contributed by atoms with van der Waals surface area (Å²) in [4.78, 5) is 12.1. The number of amides is 1. The van der Waals surface area contributed by atoms with Crippen molar-refractivity contribution in [3.63, 3.8) is 0 Å². The Morgan fingerprint density at radius 2 is 2.16 bits per heavy atom. The number of hydrogen-bond acceptors (Lipinski definition) is 3. The minimum Gasteiger partial charge on any atom is -0.496 e. The fourth-order valence-corrected chi connectivity index (χ4v) is 2.71. The van der Waals surface area contributed by atoms with Crippen LogP contribution in [0.2, 0.25) is 5.02 Å². The molecule has 0 saturated heterocycles. The Morgan fingerprint density at radius 1 is 1.47 bits per heavy atom. The molecule has 0 aromatic heterocycles. The molecule has 0 atom stereocenters. The average molecular weight is 283 g/mol. The second-order valence-electron chi connectivity index (χ2n) is 4.97. The Labute approximate surface area is 118 Å². The molecule has 0 radical (unpaired) electrons. The van der Waals surface area contributed by atoms with Crippen LogP contribution in [0.4, 0.5) is 0 Å². The monoisotopic (exact) mass is 282 g/mol. The summed E-state index contributed by atoms with van der Waals surface area (Å²) < 4.78 is 5.24. The number of ether oxygens (including phenoxy) is 1. The van der Waals surface area contributed by atoms with Crippen LogP contribution in [-0.2, 0) is 11.3 Å². The van der Waals surface area contributed by atoms with Gasteiger partial charge in [-0.25, -0.2) is 0 Å². The molecular weight excluding hydrogens is 264 g/mol. The predicted molar refractivity (Wildman–Crippen MR) is 75.2 cm³/mol. The van der Waals surface area contributed by atoms with Crippen molar-refractivity contribution in [1.82, 2.24) is 5.32 Å². The number of nitrogens with one attached hydrogen (secondary N) is 1. The molecule has 1 fully saturated rings. The summed E-state index contributed by atoms with van der Waals surface area (Å²) >= 11 is 6.12. The quantitative estimate of drug-likeness (QED) is 0.890. The normalized spacial score (nSPS) is 17.2. The zero-order chi connectivity index (χ0) is 13.9. The lowest BCUT2D eigenvalue weighted by Gasteiger charge is -2.22. The summed E-state index contributed by atoms with van der Waals surface area (Å²) in [6.45, 7) is 0.334. The molecule has 1 aliphatic rings. The molecular formula is C14H19ClN2O2. The van der Waals surface area contributed by atoms with Crippen molar-refractivity contribution in [2.75, 3.05) is 7.11 Å². The SMILES string of the molecule is COc1cccc(Cl)c1CNC(=O)C1(N)CCCC1. The first-order valence-corrected chi connectivity index (χ1v) is 6.83. The molecule has 1 aromatic carbocycles. The number of carbonyl (C=O) groups is 1. The maximum absolute atomic E-state index is 12.1. The van der Waals surface area contributed by atoms with Gasteiger partial charge in [-0.3, -0.25) is 4.79 Å². The van der Waals surface area contributed by atoms with E-state index >= 15 is 0 Å². The number of benzene rings is 1. The third-order valence-corrected chi connectivity index (χ3v) is 4.02. The third kappa shape index (κ3) is 3.01. The highest BCUT2D eigenvalue weighted by Gasteiger charge is 2.36. The summed E-state index contributed by atoms with van der Waals surface area (Å²) in [5, 5.41) is 3.45. The topological polar surface area (TPSA) is 64.3 Å². The standard InChI is InChI=1S/C14H19ClN2O2/c1-19-12-6-4-5-11(15)10(12)9-17-13(18)14(16)7-2-3-8-14/h4-6H,2-3,7-9,16H2,1H3,(H,17,18). The summed E-state index contributed by atoms with van der Waals surface area (Å²) in [6, 6.07) is 5.41. The van der Waals surface area contributed by atoms with Gasteiger partial charge in [0.05, 0.1) is 12.6 Å². The van der Waals surface area contributed by atoms with Crippen LogP contribution in [-0.4, -0.2) is 18.6 Å². The summed E-state index contributed by atoms with van der Waals surface area (Å²) in [7, 11) is 1.58. The Balaban J connectivity index is 2.05. The Kier molecular flexibility index (Phi) is 4.32. The van der Waals surface area contributed by atoms with Gasteiger partial charge >= 0.3 is 0 Å². The molecule has 2 rings (SSSR count). The van der Waals surface area contributed by atoms with E-state index in [0.717, 1.165) is 31.2 Å². The van der Waals surface area contributed by atoms with Crippen molar-refractivity contribution < 1.29 is 9.53 Å². The molecule has 1 aliphatic carbocycles. The molecule has 5 heteroatoms. The van der Waals surface area contributed by atoms with E-state index < -0.39 is 5.54 Å². The minimum atomic E-state index is -0.714. The maximum atomic E-state index is 12.1. The van der Waals surface area contributed by atoms with E-state index in [4.69, 9.17) is 22.1 Å². The highest BCUT2D eigenvalue weighted by Crippen LogP contribution is 2.29. The van der Waals surface area contributed by atoms with Gasteiger partial charge in [0, 0.05) is 17.1 Å². The van der Waals surface area contributed by atoms with Crippen LogP contribution in [0.25, 0.3) is 0 Å². The Bertz CT molecular complexity index is 471. The largest absolute Gasteiger partial charge is 0.496 e. The second-order valence-corrected chi connectivity index (χ2v) is 5.37. The summed E-state index contributed by atoms with van der Waals surface area (Å²) in [5.74, 6) is 0.567. The Hall–Kier alpha value is -1.26. The number of carbonyl (C=O) groups excluding carboxylic acids is 1. The highest BCUT2D eigenvalue weighted by molar-refractivity contribution is 6.31. The predicted octanol–water partition coefficient (Wildman–Crippen LogP) is 2.24. The third-order valence-electron chi connectivity index (χ3n) is 3.67. The first-order chi connectivity index (χ1) is 9.07. The smallest absolute Gasteiger partial charge is 0.240 e. The lowest BCUT2D eigenvalue weighted by Crippen LogP contribution is -2.51. The number of methoxy groups -OCH3 is 1. The fraction of sp³-hybridized carbons (Fsp3) is 0.500. The van der Waals surface area contributed by atoms with Crippen molar-refractivity contribution in [1.29, 1.82) is 0 Å². The molecule has 19 heavy (non-hydrogen) atoms. The summed E-state index contributed by atoms with van der Waals surface area (Å²) in [5.41, 5.74) is 6.16. The number of rotatable bonds is 4. The highest BCUT2D eigenvalue weighted by atomic mass is 35.5. The van der Waals surface area contributed by atoms with E-state index in [2.05, 4.69) is 5.32 Å². The van der Waals surface area contributed by atoms with Gasteiger partial charge in [0.1, 0.15) is 5.75 Å². The summed E-state index contributed by atoms with van der Waals surface area (Å²) in [6.07, 6.45) is 3.52. The lowest BCUT2D eigenvalue weighted by atomic mass is 9.98. The van der Waals surface area contributed by atoms with Crippen LogP contribution in [0.5, 0.6) is 5.75 Å². The molecule has 1 aromatic rings. The first-order valence-electron chi connectivity index (χ1n) is 6.45. The van der Waals surface area contributed by atoms with E-state index in [9.17, 15) is 4.79 Å². The molecule has 1 saturated carbocycles. The van der Waals surface area contributed by atoms with Crippen molar-refractivity contribution in [2.45, 2.75) is 37.8 Å². The molecule has 0 heterocycles. The van der Waals surface area contributed by atoms with Gasteiger partial charge in [-0.15, -0.1) is 0 Å². The van der Waals surface area contributed by atoms with E-state index in [-0.39, 0.29) is 5.91 Å². The van der Waals surface area contributed by atoms with Crippen LogP contribution in [0.3, 0.4) is 0 Å². The van der Waals surface area contributed by atoms with E-state index in [1.54, 1.807) is 13.2 Å². The van der Waals surface area contributed by atoms with E-state index in [1.807, 2.05) is 12.1 Å². The van der Waals surface area contributed by atoms with Gasteiger partial charge < -0.3 is 15.8 Å². The van der Waals surface area contributed by atoms with Crippen LogP contribution in [0, 0.1) is 0 Å². The van der Waals surface area contributed by atoms with Crippen LogP contribution < -0.4 is 15.8 Å². The molecule has 0 aliphatic heterocycles. The molecule has 0 unspecified atom stereocenters. The zero-order valence-corrected chi connectivity index (χ0v) is 11.8. The van der Waals surface area contributed by atoms with E-state index in [1.165, 1.54) is 0 Å². The van der Waals surface area contributed by atoms with Gasteiger partial charge in [0.2, 0.25) is 5.91 Å². The molecule has 3 N–H and O–H groups in total. The molecule has 1 amide bonds. The van der Waals surface area contributed by atoms with Gasteiger partial charge in [0.15, 0.2) is 0 Å². The fourth-order valence-electron chi connectivity index (χ4n) is 2.48. The van der Waals surface area contributed by atoms with Crippen molar-refractivity contribution in [3.8, 4) is 5.75 Å². The minimum absolute atomic E-state index is 0.105. The van der Waals surface area contributed by atoms with Gasteiger partial charge in [-0.2, -0.15) is 0 Å². The van der Waals surface area contributed by atoms with Gasteiger partial charge in [-0.05, 0) is 25.0 Å². The maximum Gasteiger partial charge on any atom is 0.240 e. The molecule has 0 bridgehead atoms. The van der Waals surface area contributed by atoms with E-state index in [0.29, 0.717) is 17.3 Å². The van der Waals surface area contributed by atoms with Crippen LogP contribution >= 0.6 is 11.6 Å². The Morgan fingerprint density at radius 3 is 2.79 bits per heavy atom. The first kappa shape index (κ1) is 14.2. The number of hydrogen-bond donors (Lipinski definition) is 2. The molecule has 4 nitrogen and oxygen atoms in total. The van der Waals surface area contributed by atoms with Crippen LogP contribution in [0.15, 0.2) is 18.2 Å². The van der Waals surface area contributed by atoms with Crippen molar-refractivity contribution in [2.24, 2.45) is 5.73 Å². The van der Waals surface area contributed by atoms with Crippen molar-refractivity contribution in [3.05, 3.63) is 28.8 Å². The molecule has 0 spiro atoms.